The van der Waals surface area contributed by atoms with E-state index in [9.17, 15) is 14.0 Å². The zero-order valence-corrected chi connectivity index (χ0v) is 16.6. The monoisotopic (exact) mass is 407 g/mol. The Balaban J connectivity index is 1.36. The predicted molar refractivity (Wildman–Crippen MR) is 108 cm³/mol. The van der Waals surface area contributed by atoms with Crippen LogP contribution in [0.15, 0.2) is 42.3 Å². The van der Waals surface area contributed by atoms with Crippen LogP contribution in [0.4, 0.5) is 10.1 Å². The smallest absolute Gasteiger partial charge is 0.282 e. The molecule has 0 radical (unpaired) electrons. The lowest BCUT2D eigenvalue weighted by Gasteiger charge is -2.30. The van der Waals surface area contributed by atoms with Crippen LogP contribution in [0.25, 0.3) is 0 Å². The van der Waals surface area contributed by atoms with Gasteiger partial charge in [-0.05, 0) is 68.5 Å². The molecule has 3 aliphatic rings. The molecule has 2 fully saturated rings. The minimum absolute atomic E-state index is 0.121. The lowest BCUT2D eigenvalue weighted by molar-refractivity contribution is 0.0939. The maximum absolute atomic E-state index is 13.1. The highest BCUT2D eigenvalue weighted by Crippen LogP contribution is 2.54. The largest absolute Gasteiger partial charge is 0.467 e. The number of rotatable bonds is 6. The van der Waals surface area contributed by atoms with Gasteiger partial charge in [0, 0.05) is 18.0 Å². The maximum Gasteiger partial charge on any atom is 0.282 e. The molecule has 30 heavy (non-hydrogen) atoms. The van der Waals surface area contributed by atoms with Crippen LogP contribution in [0, 0.1) is 11.7 Å². The Bertz CT molecular complexity index is 1040. The second-order valence-corrected chi connectivity index (χ2v) is 8.28. The third-order valence-electron chi connectivity index (χ3n) is 5.94. The van der Waals surface area contributed by atoms with Gasteiger partial charge in [0.2, 0.25) is 0 Å². The number of amides is 1. The second kappa shape index (κ2) is 7.26. The summed E-state index contributed by atoms with van der Waals surface area (Å²) >= 11 is 0. The summed E-state index contributed by atoms with van der Waals surface area (Å²) in [6.45, 7) is 2.61. The molecule has 6 nitrogen and oxygen atoms in total. The van der Waals surface area contributed by atoms with Crippen LogP contribution in [0.3, 0.4) is 0 Å². The molecule has 0 bridgehead atoms. The van der Waals surface area contributed by atoms with Crippen molar-refractivity contribution in [3.8, 4) is 0 Å². The Kier molecular flexibility index (Phi) is 4.55. The minimum Gasteiger partial charge on any atom is -0.467 e. The highest BCUT2D eigenvalue weighted by Gasteiger charge is 2.48. The standard InChI is InChI=1S/C23H22FN3O3/c1-13(25-23(29)14-2-4-16(24)5-3-14)19-8-9-20-22(26-19)18-10-15(18)11-27(20)21(12-28)30-17-6-7-17/h2-5,8-9,13,15,17-18H,6-7,10-11H2,1H3,(H,25,29). The van der Waals surface area contributed by atoms with Crippen molar-refractivity contribution in [2.45, 2.75) is 44.2 Å². The van der Waals surface area contributed by atoms with E-state index in [0.29, 0.717) is 17.4 Å². The van der Waals surface area contributed by atoms with Crippen molar-refractivity contribution in [2.24, 2.45) is 5.92 Å². The number of anilines is 1. The molecule has 5 rings (SSSR count). The molecule has 0 saturated heterocycles. The molecule has 0 spiro atoms. The van der Waals surface area contributed by atoms with Crippen molar-refractivity contribution >= 4 is 17.5 Å². The molecule has 2 aromatic rings. The zero-order valence-electron chi connectivity index (χ0n) is 16.6. The molecule has 7 heteroatoms. The summed E-state index contributed by atoms with van der Waals surface area (Å²) in [6, 6.07) is 8.93. The quantitative estimate of drug-likeness (QED) is 0.586. The van der Waals surface area contributed by atoms with E-state index in [4.69, 9.17) is 9.72 Å². The molecule has 1 aliphatic heterocycles. The number of nitrogens with one attached hydrogen (secondary N) is 1. The van der Waals surface area contributed by atoms with Crippen molar-refractivity contribution in [3.63, 3.8) is 0 Å². The molecule has 2 heterocycles. The van der Waals surface area contributed by atoms with Crippen molar-refractivity contribution in [1.29, 1.82) is 0 Å². The van der Waals surface area contributed by atoms with Gasteiger partial charge in [-0.25, -0.2) is 9.18 Å². The number of hydrogen-bond donors (Lipinski definition) is 1. The molecule has 2 saturated carbocycles. The van der Waals surface area contributed by atoms with Gasteiger partial charge in [-0.1, -0.05) is 0 Å². The minimum atomic E-state index is -0.381. The first-order chi connectivity index (χ1) is 14.5. The van der Waals surface area contributed by atoms with Gasteiger partial charge in [0.25, 0.3) is 11.8 Å². The molecule has 154 valence electrons. The number of halogens is 1. The third-order valence-corrected chi connectivity index (χ3v) is 5.94. The predicted octanol–water partition coefficient (Wildman–Crippen LogP) is 3.49. The molecule has 3 atom stereocenters. The van der Waals surface area contributed by atoms with Crippen molar-refractivity contribution in [3.05, 3.63) is 65.0 Å². The molecular weight excluding hydrogens is 385 g/mol. The Morgan fingerprint density at radius 2 is 2.03 bits per heavy atom. The number of pyridine rings is 1. The Morgan fingerprint density at radius 3 is 2.73 bits per heavy atom. The van der Waals surface area contributed by atoms with Crippen LogP contribution in [0.5, 0.6) is 0 Å². The summed E-state index contributed by atoms with van der Waals surface area (Å²) in [4.78, 5) is 30.7. The average Bonchev–Trinajstić information content (AvgIpc) is 3.67. The summed E-state index contributed by atoms with van der Waals surface area (Å²) in [5, 5.41) is 2.92. The lowest BCUT2D eigenvalue weighted by atomic mass is 10.1. The van der Waals surface area contributed by atoms with Gasteiger partial charge in [-0.15, -0.1) is 0 Å². The number of carbonyl (C=O) groups excluding carboxylic acids is 2. The molecule has 1 aromatic carbocycles. The second-order valence-electron chi connectivity index (χ2n) is 8.28. The molecule has 1 aromatic heterocycles. The topological polar surface area (TPSA) is 71.5 Å². The van der Waals surface area contributed by atoms with Crippen molar-refractivity contribution in [2.75, 3.05) is 11.4 Å². The van der Waals surface area contributed by atoms with E-state index in [1.807, 2.05) is 29.9 Å². The van der Waals surface area contributed by atoms with E-state index in [2.05, 4.69) is 5.32 Å². The first-order valence-corrected chi connectivity index (χ1v) is 10.3. The number of hydrogen-bond acceptors (Lipinski definition) is 5. The summed E-state index contributed by atoms with van der Waals surface area (Å²) < 4.78 is 18.9. The van der Waals surface area contributed by atoms with Gasteiger partial charge in [0.05, 0.1) is 23.1 Å². The van der Waals surface area contributed by atoms with E-state index in [0.717, 1.165) is 42.9 Å². The van der Waals surface area contributed by atoms with E-state index in [-0.39, 0.29) is 29.8 Å². The lowest BCUT2D eigenvalue weighted by Crippen LogP contribution is -2.32. The van der Waals surface area contributed by atoms with Gasteiger partial charge in [-0.3, -0.25) is 9.78 Å². The van der Waals surface area contributed by atoms with Crippen LogP contribution in [-0.2, 0) is 9.53 Å². The highest BCUT2D eigenvalue weighted by atomic mass is 19.1. The van der Waals surface area contributed by atoms with Gasteiger partial charge >= 0.3 is 0 Å². The molecular formula is C23H22FN3O3. The number of benzene rings is 1. The normalized spacial score (nSPS) is 22.3. The van der Waals surface area contributed by atoms with Crippen LogP contribution in [0.1, 0.15) is 59.9 Å². The third kappa shape index (κ3) is 3.57. The fraction of sp³-hybridized carbons (Fsp3) is 0.391. The number of carbonyl (C=O) groups is 1. The zero-order chi connectivity index (χ0) is 20.8. The Hall–Kier alpha value is -3.18. The van der Waals surface area contributed by atoms with Crippen molar-refractivity contribution < 1.29 is 18.7 Å². The van der Waals surface area contributed by atoms with Gasteiger partial charge in [0.1, 0.15) is 11.9 Å². The summed E-state index contributed by atoms with van der Waals surface area (Å²) in [7, 11) is 0. The van der Waals surface area contributed by atoms with Crippen molar-refractivity contribution in [1.82, 2.24) is 10.3 Å². The number of fused-ring (bicyclic) bond motifs is 3. The SMILES string of the molecule is CC(NC(=O)c1ccc(F)cc1)c1ccc2c(n1)C1CC1CN2C(=C=O)OC1CC1. The summed E-state index contributed by atoms with van der Waals surface area (Å²) in [6.07, 6.45) is 3.10. The van der Waals surface area contributed by atoms with E-state index in [1.165, 1.54) is 24.3 Å². The van der Waals surface area contributed by atoms with E-state index >= 15 is 0 Å². The van der Waals surface area contributed by atoms with Gasteiger partial charge in [0.15, 0.2) is 5.94 Å². The number of ether oxygens (including phenoxy) is 1. The summed E-state index contributed by atoms with van der Waals surface area (Å²) in [5.41, 5.74) is 2.97. The maximum atomic E-state index is 13.1. The molecule has 3 unspecified atom stereocenters. The first kappa shape index (κ1) is 18.8. The number of aromatic nitrogens is 1. The van der Waals surface area contributed by atoms with Crippen LogP contribution in [0.2, 0.25) is 0 Å². The van der Waals surface area contributed by atoms with Gasteiger partial charge < -0.3 is 15.0 Å². The Morgan fingerprint density at radius 1 is 1.27 bits per heavy atom. The molecule has 2 aliphatic carbocycles. The fourth-order valence-corrected chi connectivity index (χ4v) is 3.98. The summed E-state index contributed by atoms with van der Waals surface area (Å²) in [5.74, 6) is 2.39. The highest BCUT2D eigenvalue weighted by molar-refractivity contribution is 5.94. The molecule has 1 N–H and O–H groups in total. The van der Waals surface area contributed by atoms with E-state index < -0.39 is 0 Å². The van der Waals surface area contributed by atoms with Crippen LogP contribution in [-0.4, -0.2) is 29.5 Å². The Labute approximate surface area is 173 Å². The molecule has 1 amide bonds. The first-order valence-electron chi connectivity index (χ1n) is 10.3. The average molecular weight is 407 g/mol. The number of nitrogens with zero attached hydrogens (tertiary/aromatic N) is 2. The fourth-order valence-electron chi connectivity index (χ4n) is 3.98. The van der Waals surface area contributed by atoms with Gasteiger partial charge in [-0.2, -0.15) is 0 Å². The van der Waals surface area contributed by atoms with Crippen LogP contribution < -0.4 is 10.2 Å². The van der Waals surface area contributed by atoms with Crippen LogP contribution >= 0.6 is 0 Å². The van der Waals surface area contributed by atoms with E-state index in [1.54, 1.807) is 0 Å².